The smallest absolute Gasteiger partial charge is 0.0148 e. The van der Waals surface area contributed by atoms with Gasteiger partial charge in [0.15, 0.2) is 0 Å². The first-order chi connectivity index (χ1) is 5.33. The van der Waals surface area contributed by atoms with E-state index in [1.165, 1.54) is 37.2 Å². The zero-order chi connectivity index (χ0) is 8.10. The number of hydrogen-bond donors (Lipinski definition) is 0. The normalized spacial score (nSPS) is 31.1. The van der Waals surface area contributed by atoms with Crippen molar-refractivity contribution in [3.8, 4) is 0 Å². The van der Waals surface area contributed by atoms with Crippen LogP contribution in [0, 0.1) is 5.92 Å². The van der Waals surface area contributed by atoms with Gasteiger partial charge in [0, 0.05) is 4.83 Å². The Balaban J connectivity index is 1.99. The van der Waals surface area contributed by atoms with E-state index in [2.05, 4.69) is 34.6 Å². The van der Waals surface area contributed by atoms with E-state index in [9.17, 15) is 0 Å². The number of alkyl halides is 1. The Bertz CT molecular complexity index is 106. The molecule has 0 aromatic heterocycles. The first kappa shape index (κ1) is 9.91. The van der Waals surface area contributed by atoms with Crippen molar-refractivity contribution in [2.75, 3.05) is 11.5 Å². The summed E-state index contributed by atoms with van der Waals surface area (Å²) >= 11 is 5.76. The number of rotatable bonds is 4. The zero-order valence-electron chi connectivity index (χ0n) is 7.18. The van der Waals surface area contributed by atoms with Gasteiger partial charge in [0.2, 0.25) is 0 Å². The topological polar surface area (TPSA) is 0 Å². The highest BCUT2D eigenvalue weighted by atomic mass is 79.9. The fraction of sp³-hybridized carbons (Fsp3) is 1.00. The van der Waals surface area contributed by atoms with E-state index in [1.807, 2.05) is 0 Å². The van der Waals surface area contributed by atoms with Crippen LogP contribution in [-0.2, 0) is 0 Å². The van der Waals surface area contributed by atoms with Gasteiger partial charge in [-0.3, -0.25) is 0 Å². The van der Waals surface area contributed by atoms with Gasteiger partial charge in [-0.1, -0.05) is 22.9 Å². The van der Waals surface area contributed by atoms with Crippen molar-refractivity contribution in [2.24, 2.45) is 5.92 Å². The van der Waals surface area contributed by atoms with Crippen LogP contribution in [0.15, 0.2) is 0 Å². The molecular weight excluding hydrogens is 220 g/mol. The molecule has 1 rings (SSSR count). The van der Waals surface area contributed by atoms with Gasteiger partial charge in [-0.05, 0) is 43.1 Å². The molecule has 0 radical (unpaired) electrons. The van der Waals surface area contributed by atoms with E-state index in [4.69, 9.17) is 0 Å². The minimum atomic E-state index is 0.833. The van der Waals surface area contributed by atoms with Crippen LogP contribution in [0.2, 0.25) is 0 Å². The second-order valence-electron chi connectivity index (χ2n) is 3.26. The summed E-state index contributed by atoms with van der Waals surface area (Å²) in [6, 6.07) is 0. The van der Waals surface area contributed by atoms with Gasteiger partial charge >= 0.3 is 0 Å². The predicted molar refractivity (Wildman–Crippen MR) is 57.7 cm³/mol. The summed E-state index contributed by atoms with van der Waals surface area (Å²) in [5.74, 6) is 3.68. The highest BCUT2D eigenvalue weighted by Gasteiger charge is 2.21. The molecule has 66 valence electrons. The van der Waals surface area contributed by atoms with E-state index in [1.54, 1.807) is 0 Å². The number of halogens is 1. The lowest BCUT2D eigenvalue weighted by Gasteiger charge is -2.06. The molecule has 0 nitrogen and oxygen atoms in total. The Morgan fingerprint density at radius 2 is 2.27 bits per heavy atom. The van der Waals surface area contributed by atoms with Crippen molar-refractivity contribution < 1.29 is 0 Å². The van der Waals surface area contributed by atoms with Crippen molar-refractivity contribution >= 4 is 27.7 Å². The molecule has 2 heteroatoms. The van der Waals surface area contributed by atoms with Crippen LogP contribution in [0.1, 0.15) is 32.6 Å². The quantitative estimate of drug-likeness (QED) is 0.530. The average molecular weight is 237 g/mol. The molecule has 0 bridgehead atoms. The molecule has 0 spiro atoms. The first-order valence-corrected chi connectivity index (χ1v) is 6.61. The number of thioether (sulfide) groups is 1. The van der Waals surface area contributed by atoms with Crippen molar-refractivity contribution in [1.29, 1.82) is 0 Å². The molecule has 11 heavy (non-hydrogen) atoms. The minimum Gasteiger partial charge on any atom is -0.162 e. The Morgan fingerprint density at radius 3 is 2.82 bits per heavy atom. The third-order valence-electron chi connectivity index (χ3n) is 2.35. The van der Waals surface area contributed by atoms with Gasteiger partial charge in [-0.15, -0.1) is 0 Å². The molecule has 2 unspecified atom stereocenters. The maximum Gasteiger partial charge on any atom is 0.0148 e. The van der Waals surface area contributed by atoms with E-state index in [0.29, 0.717) is 0 Å². The molecule has 1 aliphatic carbocycles. The van der Waals surface area contributed by atoms with E-state index < -0.39 is 0 Å². The summed E-state index contributed by atoms with van der Waals surface area (Å²) in [4.78, 5) is 0.833. The largest absolute Gasteiger partial charge is 0.162 e. The van der Waals surface area contributed by atoms with E-state index >= 15 is 0 Å². The Labute approximate surface area is 82.6 Å². The summed E-state index contributed by atoms with van der Waals surface area (Å²) in [5, 5.41) is 0. The van der Waals surface area contributed by atoms with Crippen LogP contribution in [0.4, 0.5) is 0 Å². The van der Waals surface area contributed by atoms with Gasteiger partial charge in [-0.2, -0.15) is 11.8 Å². The minimum absolute atomic E-state index is 0.833. The third kappa shape index (κ3) is 3.84. The van der Waals surface area contributed by atoms with E-state index in [-0.39, 0.29) is 0 Å². The van der Waals surface area contributed by atoms with Gasteiger partial charge in [0.05, 0.1) is 0 Å². The monoisotopic (exact) mass is 236 g/mol. The summed E-state index contributed by atoms with van der Waals surface area (Å²) < 4.78 is 0. The highest BCUT2D eigenvalue weighted by molar-refractivity contribution is 9.09. The molecule has 0 aliphatic heterocycles. The summed E-state index contributed by atoms with van der Waals surface area (Å²) in [6.07, 6.45) is 5.73. The Kier molecular flexibility index (Phi) is 4.93. The van der Waals surface area contributed by atoms with Gasteiger partial charge in [-0.25, -0.2) is 0 Å². The SMILES string of the molecule is CCSCCC1CCC(Br)C1. The van der Waals surface area contributed by atoms with Crippen LogP contribution in [0.5, 0.6) is 0 Å². The lowest BCUT2D eigenvalue weighted by Crippen LogP contribution is -1.97. The van der Waals surface area contributed by atoms with Crippen molar-refractivity contribution in [1.82, 2.24) is 0 Å². The molecule has 0 N–H and O–H groups in total. The van der Waals surface area contributed by atoms with Crippen molar-refractivity contribution in [2.45, 2.75) is 37.4 Å². The molecule has 0 aromatic rings. The summed E-state index contributed by atoms with van der Waals surface area (Å²) in [5.41, 5.74) is 0. The molecule has 2 atom stereocenters. The Morgan fingerprint density at radius 1 is 1.45 bits per heavy atom. The zero-order valence-corrected chi connectivity index (χ0v) is 9.59. The first-order valence-electron chi connectivity index (χ1n) is 4.54. The standard InChI is InChI=1S/C9H17BrS/c1-2-11-6-5-8-3-4-9(10)7-8/h8-9H,2-7H2,1H3. The molecule has 1 saturated carbocycles. The third-order valence-corrected chi connectivity index (χ3v) is 4.12. The summed E-state index contributed by atoms with van der Waals surface area (Å²) in [6.45, 7) is 2.24. The van der Waals surface area contributed by atoms with Crippen molar-refractivity contribution in [3.63, 3.8) is 0 Å². The summed E-state index contributed by atoms with van der Waals surface area (Å²) in [7, 11) is 0. The lowest BCUT2D eigenvalue weighted by molar-refractivity contribution is 0.537. The predicted octanol–water partition coefficient (Wildman–Crippen LogP) is 3.69. The van der Waals surface area contributed by atoms with Gasteiger partial charge < -0.3 is 0 Å². The van der Waals surface area contributed by atoms with Gasteiger partial charge in [0.25, 0.3) is 0 Å². The fourth-order valence-corrected chi connectivity index (χ4v) is 3.25. The molecule has 1 aliphatic rings. The van der Waals surface area contributed by atoms with Crippen LogP contribution in [0.25, 0.3) is 0 Å². The maximum atomic E-state index is 3.68. The van der Waals surface area contributed by atoms with Crippen LogP contribution >= 0.6 is 27.7 Å². The van der Waals surface area contributed by atoms with Gasteiger partial charge in [0.1, 0.15) is 0 Å². The lowest BCUT2D eigenvalue weighted by atomic mass is 10.1. The molecule has 0 amide bonds. The second-order valence-corrected chi connectivity index (χ2v) is 5.95. The van der Waals surface area contributed by atoms with Crippen LogP contribution in [-0.4, -0.2) is 16.3 Å². The van der Waals surface area contributed by atoms with E-state index in [0.717, 1.165) is 10.7 Å². The van der Waals surface area contributed by atoms with Crippen LogP contribution in [0.3, 0.4) is 0 Å². The highest BCUT2D eigenvalue weighted by Crippen LogP contribution is 2.33. The molecule has 1 fully saturated rings. The Hall–Kier alpha value is 0.830. The molecule has 0 saturated heterocycles. The average Bonchev–Trinajstić information content (AvgIpc) is 2.37. The fourth-order valence-electron chi connectivity index (χ4n) is 1.67. The number of hydrogen-bond acceptors (Lipinski definition) is 1. The molecule has 0 heterocycles. The maximum absolute atomic E-state index is 3.68. The van der Waals surface area contributed by atoms with Crippen molar-refractivity contribution in [3.05, 3.63) is 0 Å². The molecule has 0 aromatic carbocycles. The second kappa shape index (κ2) is 5.47. The molecular formula is C9H17BrS. The van der Waals surface area contributed by atoms with Crippen LogP contribution < -0.4 is 0 Å².